The number of rotatable bonds is 8. The minimum atomic E-state index is -4.39. The first-order chi connectivity index (χ1) is 16.2. The van der Waals surface area contributed by atoms with E-state index in [-0.39, 0.29) is 0 Å². The van der Waals surface area contributed by atoms with E-state index in [4.69, 9.17) is 9.84 Å². The molecule has 6 nitrogen and oxygen atoms in total. The summed E-state index contributed by atoms with van der Waals surface area (Å²) in [5.41, 5.74) is 1.94. The third kappa shape index (κ3) is 5.33. The highest BCUT2D eigenvalue weighted by Gasteiger charge is 2.30. The van der Waals surface area contributed by atoms with Crippen molar-refractivity contribution in [2.75, 3.05) is 0 Å². The largest absolute Gasteiger partial charge is 0.479 e. The van der Waals surface area contributed by atoms with Gasteiger partial charge in [-0.05, 0) is 54.4 Å². The normalized spacial score (nSPS) is 12.6. The number of aromatic amines is 1. The Labute approximate surface area is 197 Å². The van der Waals surface area contributed by atoms with Gasteiger partial charge in [0.05, 0.1) is 5.56 Å². The number of nitrogens with one attached hydrogen (secondary N) is 1. The monoisotopic (exact) mass is 487 g/mol. The number of benzene rings is 2. The highest BCUT2D eigenvalue weighted by molar-refractivity contribution is 7.98. The summed E-state index contributed by atoms with van der Waals surface area (Å²) in [6.45, 7) is 1.75. The van der Waals surface area contributed by atoms with E-state index in [1.807, 2.05) is 18.2 Å². The maximum absolute atomic E-state index is 12.8. The van der Waals surface area contributed by atoms with E-state index in [1.54, 1.807) is 37.0 Å². The number of nitrogens with zero attached hydrogens (tertiary/aromatic N) is 2. The number of hydrogen-bond acceptors (Lipinski definition) is 5. The van der Waals surface area contributed by atoms with Crippen molar-refractivity contribution in [1.29, 1.82) is 0 Å². The zero-order valence-electron chi connectivity index (χ0n) is 18.0. The van der Waals surface area contributed by atoms with Crippen LogP contribution in [-0.4, -0.2) is 32.1 Å². The number of imidazole rings is 1. The Morgan fingerprint density at radius 1 is 1.12 bits per heavy atom. The summed E-state index contributed by atoms with van der Waals surface area (Å²) in [7, 11) is 0. The molecule has 0 aliphatic rings. The molecule has 4 rings (SSSR count). The van der Waals surface area contributed by atoms with Gasteiger partial charge in [0.1, 0.15) is 17.1 Å². The van der Waals surface area contributed by atoms with Crippen molar-refractivity contribution < 1.29 is 27.8 Å². The highest BCUT2D eigenvalue weighted by atomic mass is 32.2. The van der Waals surface area contributed by atoms with E-state index in [9.17, 15) is 18.0 Å². The van der Waals surface area contributed by atoms with Gasteiger partial charge in [0, 0.05) is 22.4 Å². The van der Waals surface area contributed by atoms with Gasteiger partial charge in [-0.25, -0.2) is 14.8 Å². The van der Waals surface area contributed by atoms with Crippen molar-refractivity contribution in [3.63, 3.8) is 0 Å². The van der Waals surface area contributed by atoms with E-state index in [2.05, 4.69) is 15.0 Å². The lowest BCUT2D eigenvalue weighted by molar-refractivity contribution is -0.145. The number of aromatic nitrogens is 3. The van der Waals surface area contributed by atoms with Crippen molar-refractivity contribution >= 4 is 28.9 Å². The van der Waals surface area contributed by atoms with Crippen LogP contribution in [0.15, 0.2) is 65.7 Å². The number of H-pyrrole nitrogens is 1. The first-order valence-electron chi connectivity index (χ1n) is 10.4. The molecule has 0 fully saturated rings. The van der Waals surface area contributed by atoms with Crippen LogP contribution in [0.4, 0.5) is 13.2 Å². The summed E-state index contributed by atoms with van der Waals surface area (Å²) in [5, 5.41) is 9.12. The number of halogens is 3. The first kappa shape index (κ1) is 23.6. The number of fused-ring (bicyclic) bond motifs is 1. The maximum atomic E-state index is 12.8. The molecule has 2 aromatic heterocycles. The average molecular weight is 488 g/mol. The molecule has 0 amide bonds. The maximum Gasteiger partial charge on any atom is 0.416 e. The minimum absolute atomic E-state index is 0.363. The van der Waals surface area contributed by atoms with E-state index in [1.165, 1.54) is 12.1 Å². The van der Waals surface area contributed by atoms with E-state index in [0.717, 1.165) is 22.6 Å². The number of alkyl halides is 3. The molecule has 0 saturated carbocycles. The number of carboxylic acid groups (broad SMARTS) is 1. The van der Waals surface area contributed by atoms with Crippen molar-refractivity contribution in [2.45, 2.75) is 36.3 Å². The molecular weight excluding hydrogens is 467 g/mol. The number of pyridine rings is 1. The Morgan fingerprint density at radius 3 is 2.44 bits per heavy atom. The fourth-order valence-corrected chi connectivity index (χ4v) is 4.16. The molecule has 0 saturated heterocycles. The second kappa shape index (κ2) is 9.76. The fourth-order valence-electron chi connectivity index (χ4n) is 3.28. The summed E-state index contributed by atoms with van der Waals surface area (Å²) in [6.07, 6.45) is -3.26. The molecule has 1 atom stereocenters. The lowest BCUT2D eigenvalue weighted by atomic mass is 10.1. The molecule has 2 N–H and O–H groups in total. The number of hydrogen-bond donors (Lipinski definition) is 2. The molecular formula is C24H20F3N3O3S. The second-order valence-electron chi connectivity index (χ2n) is 7.44. The van der Waals surface area contributed by atoms with E-state index >= 15 is 0 Å². The quantitative estimate of drug-likeness (QED) is 0.289. The van der Waals surface area contributed by atoms with Crippen LogP contribution in [0.2, 0.25) is 0 Å². The van der Waals surface area contributed by atoms with Gasteiger partial charge in [-0.1, -0.05) is 19.1 Å². The molecule has 0 aliphatic heterocycles. The third-order valence-electron chi connectivity index (χ3n) is 5.10. The smallest absolute Gasteiger partial charge is 0.416 e. The van der Waals surface area contributed by atoms with Crippen molar-refractivity contribution in [3.05, 3.63) is 71.9 Å². The Bertz CT molecular complexity index is 1290. The van der Waals surface area contributed by atoms with Gasteiger partial charge < -0.3 is 14.8 Å². The average Bonchev–Trinajstić information content (AvgIpc) is 3.26. The molecule has 4 aromatic rings. The number of ether oxygens (including phenoxy) is 1. The Morgan fingerprint density at radius 2 is 1.82 bits per heavy atom. The number of aliphatic carboxylic acids is 1. The minimum Gasteiger partial charge on any atom is -0.479 e. The summed E-state index contributed by atoms with van der Waals surface area (Å²) < 4.78 is 44.0. The van der Waals surface area contributed by atoms with Crippen molar-refractivity contribution in [2.24, 2.45) is 0 Å². The van der Waals surface area contributed by atoms with Gasteiger partial charge in [0.15, 0.2) is 11.8 Å². The van der Waals surface area contributed by atoms with Crippen LogP contribution in [0, 0.1) is 0 Å². The SMILES string of the molecule is CCC(Oc1ccc(SCc2ccnc3[nH]c(-c4ccc(C(F)(F)F)cc4)nc23)cc1)C(=O)O. The number of carboxylic acids is 1. The Kier molecular flexibility index (Phi) is 6.78. The van der Waals surface area contributed by atoms with Crippen LogP contribution in [0.5, 0.6) is 5.75 Å². The lowest BCUT2D eigenvalue weighted by Gasteiger charge is -2.13. The molecule has 10 heteroatoms. The molecule has 34 heavy (non-hydrogen) atoms. The van der Waals surface area contributed by atoms with Gasteiger partial charge in [-0.15, -0.1) is 11.8 Å². The van der Waals surface area contributed by atoms with Crippen LogP contribution in [0.25, 0.3) is 22.6 Å². The summed E-state index contributed by atoms with van der Waals surface area (Å²) in [4.78, 5) is 24.0. The zero-order valence-corrected chi connectivity index (χ0v) is 18.8. The second-order valence-corrected chi connectivity index (χ2v) is 8.49. The summed E-state index contributed by atoms with van der Waals surface area (Å²) >= 11 is 1.56. The van der Waals surface area contributed by atoms with E-state index < -0.39 is 23.8 Å². The van der Waals surface area contributed by atoms with Crippen molar-refractivity contribution in [3.8, 4) is 17.1 Å². The van der Waals surface area contributed by atoms with Gasteiger partial charge >= 0.3 is 12.1 Å². The molecule has 0 radical (unpaired) electrons. The standard InChI is InChI=1S/C24H20F3N3O3S/c1-2-19(23(31)32)33-17-7-9-18(10-8-17)34-13-15-11-12-28-22-20(15)29-21(30-22)14-3-5-16(6-4-14)24(25,26)27/h3-12,19H,2,13H2,1H3,(H,31,32)(H,28,29,30). The van der Waals surface area contributed by atoms with Gasteiger partial charge in [-0.2, -0.15) is 13.2 Å². The molecule has 0 spiro atoms. The third-order valence-corrected chi connectivity index (χ3v) is 6.16. The predicted octanol–water partition coefficient (Wildman–Crippen LogP) is 6.18. The van der Waals surface area contributed by atoms with Gasteiger partial charge in [0.2, 0.25) is 0 Å². The van der Waals surface area contributed by atoms with E-state index in [0.29, 0.717) is 40.5 Å². The molecule has 2 heterocycles. The molecule has 0 bridgehead atoms. The number of carbonyl (C=O) groups is 1. The molecule has 1 unspecified atom stereocenters. The molecule has 0 aliphatic carbocycles. The Balaban J connectivity index is 1.48. The van der Waals surface area contributed by atoms with Gasteiger partial charge in [0.25, 0.3) is 0 Å². The summed E-state index contributed by atoms with van der Waals surface area (Å²) in [5.74, 6) is 0.512. The molecule has 176 valence electrons. The van der Waals surface area contributed by atoms with Crippen LogP contribution in [0.1, 0.15) is 24.5 Å². The summed E-state index contributed by atoms with van der Waals surface area (Å²) in [6, 6.07) is 13.8. The topological polar surface area (TPSA) is 88.1 Å². The molecule has 2 aromatic carbocycles. The van der Waals surface area contributed by atoms with Gasteiger partial charge in [-0.3, -0.25) is 0 Å². The fraction of sp³-hybridized carbons (Fsp3) is 0.208. The first-order valence-corrected chi connectivity index (χ1v) is 11.4. The zero-order chi connectivity index (χ0) is 24.3. The van der Waals surface area contributed by atoms with Crippen LogP contribution in [-0.2, 0) is 16.7 Å². The Hall–Kier alpha value is -3.53. The highest BCUT2D eigenvalue weighted by Crippen LogP contribution is 2.32. The van der Waals surface area contributed by atoms with Crippen LogP contribution >= 0.6 is 11.8 Å². The van der Waals surface area contributed by atoms with Crippen molar-refractivity contribution in [1.82, 2.24) is 15.0 Å². The predicted molar refractivity (Wildman–Crippen MR) is 123 cm³/mol. The number of thioether (sulfide) groups is 1. The van der Waals surface area contributed by atoms with Crippen LogP contribution < -0.4 is 4.74 Å². The lowest BCUT2D eigenvalue weighted by Crippen LogP contribution is -2.25. The van der Waals surface area contributed by atoms with Crippen LogP contribution in [0.3, 0.4) is 0 Å².